The molecule has 0 saturated heterocycles. The largest absolute Gasteiger partial charge is 0.355 e. The lowest BCUT2D eigenvalue weighted by atomic mass is 10.1. The van der Waals surface area contributed by atoms with E-state index in [1.807, 2.05) is 42.5 Å². The number of rotatable bonds is 2. The second-order valence-electron chi connectivity index (χ2n) is 5.38. The van der Waals surface area contributed by atoms with Gasteiger partial charge in [0.1, 0.15) is 5.15 Å². The highest BCUT2D eigenvalue weighted by atomic mass is 35.5. The summed E-state index contributed by atoms with van der Waals surface area (Å²) in [5, 5.41) is 9.89. The van der Waals surface area contributed by atoms with E-state index in [2.05, 4.69) is 20.9 Å². The lowest BCUT2D eigenvalue weighted by Crippen LogP contribution is -2.10. The number of fused-ring (bicyclic) bond motifs is 2. The number of hydrogen-bond acceptors (Lipinski definition) is 4. The Bertz CT molecular complexity index is 942. The SMILES string of the molecule is O=C1Nc2ccccc2Nc2cc(Nc3ccnc(Cl)c3)ccc21. The molecule has 4 rings (SSSR count). The number of hydrogen-bond donors (Lipinski definition) is 3. The number of halogens is 1. The second kappa shape index (κ2) is 5.86. The molecule has 3 N–H and O–H groups in total. The second-order valence-corrected chi connectivity index (χ2v) is 5.76. The van der Waals surface area contributed by atoms with Crippen LogP contribution in [0.15, 0.2) is 60.8 Å². The van der Waals surface area contributed by atoms with E-state index in [0.717, 1.165) is 28.4 Å². The molecule has 0 spiro atoms. The van der Waals surface area contributed by atoms with Gasteiger partial charge in [-0.15, -0.1) is 0 Å². The van der Waals surface area contributed by atoms with Gasteiger partial charge >= 0.3 is 0 Å². The fraction of sp³-hybridized carbons (Fsp3) is 0. The lowest BCUT2D eigenvalue weighted by molar-refractivity contribution is 0.102. The summed E-state index contributed by atoms with van der Waals surface area (Å²) in [7, 11) is 0. The fourth-order valence-corrected chi connectivity index (χ4v) is 2.78. The van der Waals surface area contributed by atoms with Gasteiger partial charge in [-0.25, -0.2) is 4.98 Å². The third-order valence-corrected chi connectivity index (χ3v) is 3.93. The minimum absolute atomic E-state index is 0.138. The molecule has 118 valence electrons. The first-order valence-corrected chi connectivity index (χ1v) is 7.77. The number of benzene rings is 2. The number of para-hydroxylation sites is 2. The summed E-state index contributed by atoms with van der Waals surface area (Å²) >= 11 is 5.91. The van der Waals surface area contributed by atoms with E-state index in [9.17, 15) is 4.79 Å². The first-order valence-electron chi connectivity index (χ1n) is 7.39. The van der Waals surface area contributed by atoms with Gasteiger partial charge in [-0.1, -0.05) is 23.7 Å². The average Bonchev–Trinajstić information content (AvgIpc) is 2.70. The Morgan fingerprint density at radius 3 is 2.42 bits per heavy atom. The molecule has 1 aliphatic rings. The number of aromatic nitrogens is 1. The Kier molecular flexibility index (Phi) is 3.55. The molecule has 0 fully saturated rings. The van der Waals surface area contributed by atoms with Crippen LogP contribution in [0.4, 0.5) is 28.4 Å². The molecule has 2 heterocycles. The van der Waals surface area contributed by atoms with Crippen LogP contribution in [0.3, 0.4) is 0 Å². The molecule has 0 atom stereocenters. The maximum atomic E-state index is 12.4. The Hall–Kier alpha value is -3.05. The van der Waals surface area contributed by atoms with E-state index in [4.69, 9.17) is 11.6 Å². The van der Waals surface area contributed by atoms with Gasteiger partial charge < -0.3 is 16.0 Å². The fourth-order valence-electron chi connectivity index (χ4n) is 2.61. The van der Waals surface area contributed by atoms with Gasteiger partial charge in [0.2, 0.25) is 0 Å². The molecule has 0 radical (unpaired) electrons. The molecule has 0 saturated carbocycles. The normalized spacial score (nSPS) is 12.3. The molecule has 1 aliphatic heterocycles. The Morgan fingerprint density at radius 1 is 0.875 bits per heavy atom. The highest BCUT2D eigenvalue weighted by Crippen LogP contribution is 2.33. The number of nitrogens with zero attached hydrogens (tertiary/aromatic N) is 1. The van der Waals surface area contributed by atoms with Crippen molar-refractivity contribution in [1.82, 2.24) is 4.98 Å². The zero-order chi connectivity index (χ0) is 16.5. The molecule has 0 aliphatic carbocycles. The van der Waals surface area contributed by atoms with Crippen LogP contribution in [0.5, 0.6) is 0 Å². The number of carbonyl (C=O) groups excluding carboxylic acids is 1. The summed E-state index contributed by atoms with van der Waals surface area (Å²) in [4.78, 5) is 16.3. The van der Waals surface area contributed by atoms with E-state index in [0.29, 0.717) is 10.7 Å². The van der Waals surface area contributed by atoms with E-state index in [1.54, 1.807) is 18.3 Å². The molecule has 5 nitrogen and oxygen atoms in total. The van der Waals surface area contributed by atoms with E-state index in [-0.39, 0.29) is 5.91 Å². The average molecular weight is 337 g/mol. The van der Waals surface area contributed by atoms with Crippen LogP contribution in [0.1, 0.15) is 10.4 Å². The van der Waals surface area contributed by atoms with Crippen molar-refractivity contribution in [3.63, 3.8) is 0 Å². The van der Waals surface area contributed by atoms with Crippen molar-refractivity contribution in [3.05, 3.63) is 71.5 Å². The maximum absolute atomic E-state index is 12.4. The van der Waals surface area contributed by atoms with Crippen molar-refractivity contribution in [2.75, 3.05) is 16.0 Å². The third-order valence-electron chi connectivity index (χ3n) is 3.72. The van der Waals surface area contributed by atoms with Crippen LogP contribution < -0.4 is 16.0 Å². The standard InChI is InChI=1S/C18H13ClN4O/c19-17-10-12(7-8-20-17)21-11-5-6-13-16(9-11)22-14-3-1-2-4-15(14)23-18(13)24/h1-10,22H,(H,20,21)(H,23,24). The van der Waals surface area contributed by atoms with Gasteiger partial charge in [0.05, 0.1) is 22.6 Å². The van der Waals surface area contributed by atoms with Gasteiger partial charge in [0.25, 0.3) is 5.91 Å². The monoisotopic (exact) mass is 336 g/mol. The number of anilines is 5. The summed E-state index contributed by atoms with van der Waals surface area (Å²) in [6.45, 7) is 0. The quantitative estimate of drug-likeness (QED) is 0.589. The molecular formula is C18H13ClN4O. The predicted molar refractivity (Wildman–Crippen MR) is 96.6 cm³/mol. The highest BCUT2D eigenvalue weighted by Gasteiger charge is 2.18. The first kappa shape index (κ1) is 14.5. The first-order chi connectivity index (χ1) is 11.7. The van der Waals surface area contributed by atoms with Crippen molar-refractivity contribution in [2.24, 2.45) is 0 Å². The van der Waals surface area contributed by atoms with Crippen LogP contribution >= 0.6 is 11.6 Å². The zero-order valence-electron chi connectivity index (χ0n) is 12.5. The molecule has 0 bridgehead atoms. The van der Waals surface area contributed by atoms with Crippen molar-refractivity contribution in [1.29, 1.82) is 0 Å². The minimum atomic E-state index is -0.138. The van der Waals surface area contributed by atoms with Gasteiger partial charge in [-0.2, -0.15) is 0 Å². The Labute approximate surface area is 143 Å². The van der Waals surface area contributed by atoms with Crippen LogP contribution in [0, 0.1) is 0 Å². The minimum Gasteiger partial charge on any atom is -0.355 e. The Balaban J connectivity index is 1.70. The van der Waals surface area contributed by atoms with Crippen molar-refractivity contribution in [2.45, 2.75) is 0 Å². The Morgan fingerprint density at radius 2 is 1.62 bits per heavy atom. The summed E-state index contributed by atoms with van der Waals surface area (Å²) in [6.07, 6.45) is 1.63. The number of amides is 1. The van der Waals surface area contributed by atoms with Gasteiger partial charge in [0.15, 0.2) is 0 Å². The number of pyridine rings is 1. The van der Waals surface area contributed by atoms with E-state index < -0.39 is 0 Å². The van der Waals surface area contributed by atoms with Crippen molar-refractivity contribution < 1.29 is 4.79 Å². The van der Waals surface area contributed by atoms with Crippen molar-refractivity contribution >= 4 is 45.9 Å². The molecule has 24 heavy (non-hydrogen) atoms. The molecule has 1 aromatic heterocycles. The molecular weight excluding hydrogens is 324 g/mol. The van der Waals surface area contributed by atoms with Crippen LogP contribution in [-0.4, -0.2) is 10.9 Å². The lowest BCUT2D eigenvalue weighted by Gasteiger charge is -2.11. The van der Waals surface area contributed by atoms with Gasteiger partial charge in [-0.05, 0) is 42.5 Å². The molecule has 0 unspecified atom stereocenters. The van der Waals surface area contributed by atoms with Crippen LogP contribution in [0.25, 0.3) is 0 Å². The topological polar surface area (TPSA) is 66.1 Å². The zero-order valence-corrected chi connectivity index (χ0v) is 13.3. The third kappa shape index (κ3) is 2.77. The molecule has 2 aromatic carbocycles. The molecule has 1 amide bonds. The highest BCUT2D eigenvalue weighted by molar-refractivity contribution is 6.29. The van der Waals surface area contributed by atoms with E-state index in [1.165, 1.54) is 0 Å². The van der Waals surface area contributed by atoms with Gasteiger partial charge in [0, 0.05) is 17.6 Å². The number of nitrogens with one attached hydrogen (secondary N) is 3. The summed E-state index contributed by atoms with van der Waals surface area (Å²) in [5.41, 5.74) is 4.61. The van der Waals surface area contributed by atoms with E-state index >= 15 is 0 Å². The molecule has 6 heteroatoms. The van der Waals surface area contributed by atoms with Crippen molar-refractivity contribution in [3.8, 4) is 0 Å². The predicted octanol–water partition coefficient (Wildman–Crippen LogP) is 4.79. The summed E-state index contributed by atoms with van der Waals surface area (Å²) in [6, 6.07) is 16.7. The van der Waals surface area contributed by atoms with Gasteiger partial charge in [-0.3, -0.25) is 4.79 Å². The number of carbonyl (C=O) groups is 1. The molecule has 3 aromatic rings. The smallest absolute Gasteiger partial charge is 0.257 e. The summed E-state index contributed by atoms with van der Waals surface area (Å²) < 4.78 is 0. The van der Waals surface area contributed by atoms with Crippen LogP contribution in [0.2, 0.25) is 5.15 Å². The summed E-state index contributed by atoms with van der Waals surface area (Å²) in [5.74, 6) is -0.138. The van der Waals surface area contributed by atoms with Crippen LogP contribution in [-0.2, 0) is 0 Å². The maximum Gasteiger partial charge on any atom is 0.257 e.